The van der Waals surface area contributed by atoms with Crippen LogP contribution in [0.1, 0.15) is 35.7 Å². The zero-order chi connectivity index (χ0) is 27.5. The predicted molar refractivity (Wildman–Crippen MR) is 149 cm³/mol. The molecule has 0 bridgehead atoms. The maximum Gasteiger partial charge on any atom is 0.269 e. The van der Waals surface area contributed by atoms with Crippen LogP contribution in [0.15, 0.2) is 133 Å². The number of allylic oxidation sites excluding steroid dienone is 5. The minimum absolute atomic E-state index is 0.265. The number of rotatable bonds is 9. The summed E-state index contributed by atoms with van der Waals surface area (Å²) in [4.78, 5) is 39.8. The van der Waals surface area contributed by atoms with Crippen molar-refractivity contribution in [2.24, 2.45) is 0 Å². The quantitative estimate of drug-likeness (QED) is 0.261. The largest absolute Gasteiger partial charge is 0.348 e. The van der Waals surface area contributed by atoms with E-state index in [1.165, 1.54) is 6.20 Å². The fraction of sp³-hybridized carbons (Fsp3) is 0.100. The normalized spacial score (nSPS) is 15.4. The van der Waals surface area contributed by atoms with Crippen LogP contribution in [0.3, 0.4) is 0 Å². The fourth-order valence-electron chi connectivity index (χ4n) is 4.05. The monoisotopic (exact) mass is 509 g/mol. The van der Waals surface area contributed by atoms with Crippen molar-refractivity contribution in [1.29, 1.82) is 0 Å². The smallest absolute Gasteiger partial charge is 0.269 e. The van der Waals surface area contributed by atoms with Crippen LogP contribution < -0.4 is 26.8 Å². The molecule has 1 heterocycles. The van der Waals surface area contributed by atoms with Crippen molar-refractivity contribution in [2.75, 3.05) is 0 Å². The molecule has 1 atom stereocenters. The summed E-state index contributed by atoms with van der Waals surface area (Å²) in [5.74, 6) is -1.86. The van der Waals surface area contributed by atoms with E-state index in [4.69, 9.17) is 0 Å². The molecular formula is C30H31N5O3. The van der Waals surface area contributed by atoms with Crippen LogP contribution >= 0.6 is 0 Å². The molecule has 2 aromatic rings. The van der Waals surface area contributed by atoms with Gasteiger partial charge >= 0.3 is 0 Å². The van der Waals surface area contributed by atoms with Crippen LogP contribution in [-0.4, -0.2) is 17.7 Å². The number of hydrogen-bond acceptors (Lipinski definition) is 5. The van der Waals surface area contributed by atoms with Gasteiger partial charge in [-0.1, -0.05) is 73.8 Å². The number of nitrogens with one attached hydrogen (secondary N) is 5. The van der Waals surface area contributed by atoms with Gasteiger partial charge in [0.05, 0.1) is 11.5 Å². The number of amides is 3. The number of hydrazine groups is 1. The molecular weight excluding hydrogens is 478 g/mol. The molecule has 1 unspecified atom stereocenters. The van der Waals surface area contributed by atoms with Crippen LogP contribution in [-0.2, 0) is 9.59 Å². The number of dihydropyridines is 1. The Morgan fingerprint density at radius 1 is 0.868 bits per heavy atom. The summed E-state index contributed by atoms with van der Waals surface area (Å²) in [5, 5.41) is 9.00. The van der Waals surface area contributed by atoms with Crippen LogP contribution in [0.4, 0.5) is 0 Å². The second kappa shape index (κ2) is 13.3. The van der Waals surface area contributed by atoms with Gasteiger partial charge in [0.1, 0.15) is 5.82 Å². The van der Waals surface area contributed by atoms with Gasteiger partial charge in [0, 0.05) is 22.5 Å². The van der Waals surface area contributed by atoms with Crippen LogP contribution in [0.25, 0.3) is 0 Å². The molecule has 194 valence electrons. The third-order valence-corrected chi connectivity index (χ3v) is 5.66. The lowest BCUT2D eigenvalue weighted by Gasteiger charge is -2.32. The third kappa shape index (κ3) is 6.55. The molecule has 0 saturated heterocycles. The second-order valence-electron chi connectivity index (χ2n) is 8.23. The highest BCUT2D eigenvalue weighted by Gasteiger charge is 2.37. The number of carbonyl (C=O) groups excluding carboxylic acids is 3. The topological polar surface area (TPSA) is 111 Å². The van der Waals surface area contributed by atoms with Gasteiger partial charge in [0.15, 0.2) is 0 Å². The fourth-order valence-corrected chi connectivity index (χ4v) is 4.05. The minimum atomic E-state index is -0.774. The summed E-state index contributed by atoms with van der Waals surface area (Å²) in [6, 6.07) is 17.7. The Bertz CT molecular complexity index is 1340. The van der Waals surface area contributed by atoms with E-state index in [-0.39, 0.29) is 11.1 Å². The number of carbonyl (C=O) groups is 3. The first kappa shape index (κ1) is 27.5. The minimum Gasteiger partial charge on any atom is -0.348 e. The Balaban J connectivity index is 2.03. The molecule has 8 nitrogen and oxygen atoms in total. The lowest BCUT2D eigenvalue weighted by molar-refractivity contribution is -0.118. The highest BCUT2D eigenvalue weighted by Crippen LogP contribution is 2.37. The lowest BCUT2D eigenvalue weighted by Crippen LogP contribution is -2.46. The van der Waals surface area contributed by atoms with Crippen molar-refractivity contribution in [3.63, 3.8) is 0 Å². The van der Waals surface area contributed by atoms with Crippen LogP contribution in [0.5, 0.6) is 0 Å². The maximum absolute atomic E-state index is 13.7. The summed E-state index contributed by atoms with van der Waals surface area (Å²) in [5.41, 5.74) is 7.62. The van der Waals surface area contributed by atoms with Crippen molar-refractivity contribution < 1.29 is 14.4 Å². The van der Waals surface area contributed by atoms with E-state index in [9.17, 15) is 14.4 Å². The van der Waals surface area contributed by atoms with Crippen LogP contribution in [0.2, 0.25) is 0 Å². The summed E-state index contributed by atoms with van der Waals surface area (Å²) in [6.45, 7) is 11.0. The lowest BCUT2D eigenvalue weighted by atomic mass is 9.80. The average molecular weight is 510 g/mol. The van der Waals surface area contributed by atoms with Gasteiger partial charge in [-0.2, -0.15) is 0 Å². The van der Waals surface area contributed by atoms with E-state index < -0.39 is 23.6 Å². The highest BCUT2D eigenvalue weighted by atomic mass is 16.2. The van der Waals surface area contributed by atoms with Gasteiger partial charge in [-0.25, -0.2) is 0 Å². The van der Waals surface area contributed by atoms with E-state index in [2.05, 4.69) is 40.0 Å². The predicted octanol–water partition coefficient (Wildman–Crippen LogP) is 3.82. The Labute approximate surface area is 222 Å². The molecule has 0 radical (unpaired) electrons. The van der Waals surface area contributed by atoms with E-state index >= 15 is 0 Å². The Morgan fingerprint density at radius 3 is 2.11 bits per heavy atom. The summed E-state index contributed by atoms with van der Waals surface area (Å²) in [6.07, 6.45) is 8.21. The molecule has 1 aliphatic rings. The molecule has 5 N–H and O–H groups in total. The molecule has 0 aromatic heterocycles. The summed E-state index contributed by atoms with van der Waals surface area (Å²) < 4.78 is 0. The Morgan fingerprint density at radius 2 is 1.50 bits per heavy atom. The SMILES string of the molecule is C=C/C=C(\C=C/C)NC(=O)C1=C(NC=C)NC(C)=C(C(=O)NNC(=O)c2ccccc2)C1c1ccccc1. The third-order valence-electron chi connectivity index (χ3n) is 5.66. The van der Waals surface area contributed by atoms with Crippen molar-refractivity contribution in [3.8, 4) is 0 Å². The number of hydrogen-bond donors (Lipinski definition) is 5. The van der Waals surface area contributed by atoms with Crippen molar-refractivity contribution in [3.05, 3.63) is 144 Å². The van der Waals surface area contributed by atoms with E-state index in [0.717, 1.165) is 0 Å². The Kier molecular flexibility index (Phi) is 9.59. The summed E-state index contributed by atoms with van der Waals surface area (Å²) >= 11 is 0. The zero-order valence-electron chi connectivity index (χ0n) is 21.4. The van der Waals surface area contributed by atoms with Gasteiger partial charge < -0.3 is 16.0 Å². The molecule has 3 amide bonds. The molecule has 38 heavy (non-hydrogen) atoms. The highest BCUT2D eigenvalue weighted by molar-refractivity contribution is 6.05. The molecule has 1 aliphatic heterocycles. The van der Waals surface area contributed by atoms with Crippen LogP contribution in [0, 0.1) is 0 Å². The number of benzene rings is 2. The van der Waals surface area contributed by atoms with E-state index in [0.29, 0.717) is 28.3 Å². The second-order valence-corrected chi connectivity index (χ2v) is 8.23. The van der Waals surface area contributed by atoms with Gasteiger partial charge in [0.25, 0.3) is 17.7 Å². The summed E-state index contributed by atoms with van der Waals surface area (Å²) in [7, 11) is 0. The zero-order valence-corrected chi connectivity index (χ0v) is 21.4. The van der Waals surface area contributed by atoms with Crippen molar-refractivity contribution in [2.45, 2.75) is 19.8 Å². The first-order valence-corrected chi connectivity index (χ1v) is 12.0. The average Bonchev–Trinajstić information content (AvgIpc) is 2.92. The molecule has 3 rings (SSSR count). The standard InChI is InChI=1S/C30H31N5O3/c1-5-14-23(15-6-2)33-29(37)26-25(21-16-10-8-11-17-21)24(20(4)32-27(26)31-7-3)30(38)35-34-28(36)22-18-12-9-13-19-22/h5-19,25,31-32H,1,3H2,2,4H3,(H,33,37)(H,34,36)(H,35,38)/b15-6-,23-14+. The van der Waals surface area contributed by atoms with E-state index in [1.807, 2.05) is 37.3 Å². The first-order valence-electron chi connectivity index (χ1n) is 12.0. The molecule has 0 aliphatic carbocycles. The van der Waals surface area contributed by atoms with E-state index in [1.54, 1.807) is 61.6 Å². The molecule has 0 saturated carbocycles. The van der Waals surface area contributed by atoms with Crippen molar-refractivity contribution >= 4 is 17.7 Å². The molecule has 8 heteroatoms. The first-order chi connectivity index (χ1) is 18.4. The van der Waals surface area contributed by atoms with Crippen molar-refractivity contribution in [1.82, 2.24) is 26.8 Å². The Hall–Kier alpha value is -5.11. The van der Waals surface area contributed by atoms with Gasteiger partial charge in [-0.3, -0.25) is 25.2 Å². The van der Waals surface area contributed by atoms with Gasteiger partial charge in [-0.15, -0.1) is 0 Å². The molecule has 0 fully saturated rings. The van der Waals surface area contributed by atoms with Gasteiger partial charge in [-0.05, 0) is 49.9 Å². The molecule has 0 spiro atoms. The van der Waals surface area contributed by atoms with Gasteiger partial charge in [0.2, 0.25) is 0 Å². The molecule has 2 aromatic carbocycles. The maximum atomic E-state index is 13.7.